The highest BCUT2D eigenvalue weighted by molar-refractivity contribution is 5.51. The number of aliphatic hydroxyl groups is 1. The molecular weight excluding hydrogens is 696 g/mol. The van der Waals surface area contributed by atoms with Crippen LogP contribution in [0.2, 0.25) is 0 Å². The van der Waals surface area contributed by atoms with Crippen LogP contribution < -0.4 is 9.64 Å². The molecule has 288 valence electrons. The second-order valence-electron chi connectivity index (χ2n) is 16.5. The van der Waals surface area contributed by atoms with E-state index in [2.05, 4.69) is 26.8 Å². The van der Waals surface area contributed by atoms with Crippen LogP contribution in [0, 0.1) is 5.41 Å². The van der Waals surface area contributed by atoms with Crippen molar-refractivity contribution in [3.63, 3.8) is 0 Å². The van der Waals surface area contributed by atoms with Crippen molar-refractivity contribution in [2.45, 2.75) is 120 Å². The second kappa shape index (κ2) is 14.7. The van der Waals surface area contributed by atoms with E-state index in [1.807, 2.05) is 13.8 Å². The number of likely N-dealkylation sites (tertiary alicyclic amines) is 1. The third kappa shape index (κ3) is 8.30. The summed E-state index contributed by atoms with van der Waals surface area (Å²) in [7, 11) is 2.10. The fourth-order valence-corrected chi connectivity index (χ4v) is 8.90. The number of hydrogen-bond donors (Lipinski definition) is 1. The summed E-state index contributed by atoms with van der Waals surface area (Å²) >= 11 is 0. The molecule has 2 aliphatic carbocycles. The lowest BCUT2D eigenvalue weighted by Crippen LogP contribution is -2.36. The summed E-state index contributed by atoms with van der Waals surface area (Å²) in [5.41, 5.74) is 1.27. The molecule has 0 radical (unpaired) electrons. The van der Waals surface area contributed by atoms with Gasteiger partial charge in [-0.05, 0) is 93.0 Å². The van der Waals surface area contributed by atoms with Gasteiger partial charge in [-0.1, -0.05) is 26.0 Å². The third-order valence-electron chi connectivity index (χ3n) is 11.8. The van der Waals surface area contributed by atoms with Gasteiger partial charge in [0.2, 0.25) is 11.9 Å². The van der Waals surface area contributed by atoms with Crippen LogP contribution in [0.15, 0.2) is 36.7 Å². The van der Waals surface area contributed by atoms with E-state index in [1.54, 1.807) is 12.4 Å². The van der Waals surface area contributed by atoms with Gasteiger partial charge in [0.15, 0.2) is 11.9 Å². The van der Waals surface area contributed by atoms with Gasteiger partial charge in [0.05, 0.1) is 29.8 Å². The maximum Gasteiger partial charge on any atom is 0.416 e. The number of aliphatic hydroxyl groups excluding tert-OH is 1. The molecule has 13 heteroatoms. The summed E-state index contributed by atoms with van der Waals surface area (Å²) in [6.45, 7) is 7.13. The second-order valence-corrected chi connectivity index (χ2v) is 16.5. The Bertz CT molecular complexity index is 1730. The number of nitrogens with zero attached hydrogens (tertiary/aromatic N) is 5. The van der Waals surface area contributed by atoms with E-state index in [0.29, 0.717) is 73.0 Å². The number of ether oxygens (including phenoxy) is 1. The molecule has 7 nitrogen and oxygen atoms in total. The van der Waals surface area contributed by atoms with Gasteiger partial charge in [0.1, 0.15) is 6.10 Å². The van der Waals surface area contributed by atoms with Crippen LogP contribution in [0.1, 0.15) is 135 Å². The topological polar surface area (TPSA) is 74.6 Å². The van der Waals surface area contributed by atoms with Crippen molar-refractivity contribution in [3.05, 3.63) is 75.9 Å². The number of pyridine rings is 1. The summed E-state index contributed by atoms with van der Waals surface area (Å²) in [6, 6.07) is 4.03. The number of halogens is 6. The van der Waals surface area contributed by atoms with Gasteiger partial charge in [-0.25, -0.2) is 23.1 Å². The highest BCUT2D eigenvalue weighted by Crippen LogP contribution is 2.52. The first kappa shape index (κ1) is 37.8. The molecule has 1 unspecified atom stereocenters. The van der Waals surface area contributed by atoms with Gasteiger partial charge in [-0.15, -0.1) is 0 Å². The Kier molecular flexibility index (Phi) is 10.5. The zero-order chi connectivity index (χ0) is 37.7. The summed E-state index contributed by atoms with van der Waals surface area (Å²) < 4.78 is 92.9. The first-order valence-corrected chi connectivity index (χ1v) is 18.9. The van der Waals surface area contributed by atoms with Crippen LogP contribution in [0.5, 0.6) is 5.75 Å². The Hall–Kier alpha value is -3.45. The minimum absolute atomic E-state index is 0.0300. The normalized spacial score (nSPS) is 23.8. The molecule has 53 heavy (non-hydrogen) atoms. The van der Waals surface area contributed by atoms with Gasteiger partial charge >= 0.3 is 6.18 Å². The largest absolute Gasteiger partial charge is 0.487 e. The van der Waals surface area contributed by atoms with E-state index in [9.17, 15) is 27.1 Å². The molecule has 3 aromatic rings. The highest BCUT2D eigenvalue weighted by Gasteiger charge is 2.44. The van der Waals surface area contributed by atoms with Crippen LogP contribution in [0.3, 0.4) is 0 Å². The van der Waals surface area contributed by atoms with Crippen molar-refractivity contribution in [2.24, 2.45) is 5.41 Å². The Morgan fingerprint density at radius 3 is 2.09 bits per heavy atom. The van der Waals surface area contributed by atoms with Gasteiger partial charge in [-0.3, -0.25) is 4.98 Å². The smallest absolute Gasteiger partial charge is 0.416 e. The first-order valence-electron chi connectivity index (χ1n) is 18.9. The third-order valence-corrected chi connectivity index (χ3v) is 11.8. The number of benzene rings is 1. The minimum atomic E-state index is -4.59. The van der Waals surface area contributed by atoms with Crippen LogP contribution >= 0.6 is 0 Å². The van der Waals surface area contributed by atoms with Crippen molar-refractivity contribution in [1.82, 2.24) is 19.9 Å². The number of anilines is 1. The monoisotopic (exact) mass is 745 g/mol. The van der Waals surface area contributed by atoms with Crippen LogP contribution in [0.25, 0.3) is 0 Å². The quantitative estimate of drug-likeness (QED) is 0.242. The molecule has 4 heterocycles. The Morgan fingerprint density at radius 2 is 1.49 bits per heavy atom. The van der Waals surface area contributed by atoms with E-state index in [4.69, 9.17) is 9.72 Å². The molecular formula is C40H49F6N5O2. The molecule has 1 aromatic carbocycles. The molecule has 4 aliphatic rings. The van der Waals surface area contributed by atoms with E-state index < -0.39 is 35.9 Å². The molecule has 7 rings (SSSR count). The molecule has 3 fully saturated rings. The average molecular weight is 746 g/mol. The molecule has 0 spiro atoms. The molecule has 2 atom stereocenters. The highest BCUT2D eigenvalue weighted by atomic mass is 19.4. The standard InChI is InChI=1S/C40H49F6N5O2/c1-38(2)20-30-33(31(52)21-38)32(24-8-14-39(42,43)15-9-24)34(35(41)25-4-6-27(7-5-25)40(44,45)46)36(49-30)26-10-18-51(19-11-26)37-47-22-29(23-48-37)53-28-12-16-50(3)17-13-28/h4-7,22-24,26,28,31,35,52H,8-21H2,1-3H3/t31-,35?/m0/s1. The van der Waals surface area contributed by atoms with E-state index in [0.717, 1.165) is 50.2 Å². The molecule has 1 saturated carbocycles. The van der Waals surface area contributed by atoms with E-state index in [-0.39, 0.29) is 54.2 Å². The molecule has 2 aromatic heterocycles. The molecule has 2 aliphatic heterocycles. The predicted molar refractivity (Wildman–Crippen MR) is 189 cm³/mol. The number of alkyl halides is 6. The Labute approximate surface area is 307 Å². The summed E-state index contributed by atoms with van der Waals surface area (Å²) in [4.78, 5) is 18.7. The Morgan fingerprint density at radius 1 is 0.868 bits per heavy atom. The first-order chi connectivity index (χ1) is 25.1. The van der Waals surface area contributed by atoms with Crippen LogP contribution in [-0.2, 0) is 12.6 Å². The van der Waals surface area contributed by atoms with E-state index in [1.165, 1.54) is 0 Å². The lowest BCUT2D eigenvalue weighted by Gasteiger charge is -2.41. The van der Waals surface area contributed by atoms with Crippen molar-refractivity contribution < 1.29 is 36.2 Å². The van der Waals surface area contributed by atoms with E-state index >= 15 is 4.39 Å². The number of fused-ring (bicyclic) bond motifs is 1. The van der Waals surface area contributed by atoms with Crippen molar-refractivity contribution in [2.75, 3.05) is 38.1 Å². The zero-order valence-corrected chi connectivity index (χ0v) is 30.6. The van der Waals surface area contributed by atoms with Crippen LogP contribution in [0.4, 0.5) is 32.3 Å². The summed E-state index contributed by atoms with van der Waals surface area (Å²) in [6.07, 6.45) is -0.471. The van der Waals surface area contributed by atoms with Crippen molar-refractivity contribution in [3.8, 4) is 5.75 Å². The van der Waals surface area contributed by atoms with Gasteiger partial charge < -0.3 is 19.6 Å². The zero-order valence-electron chi connectivity index (χ0n) is 30.6. The Balaban J connectivity index is 1.22. The molecule has 0 amide bonds. The fourth-order valence-electron chi connectivity index (χ4n) is 8.90. The van der Waals surface area contributed by atoms with Gasteiger partial charge in [0.25, 0.3) is 0 Å². The van der Waals surface area contributed by atoms with Gasteiger partial charge in [-0.2, -0.15) is 13.2 Å². The van der Waals surface area contributed by atoms with Crippen molar-refractivity contribution >= 4 is 5.95 Å². The summed E-state index contributed by atoms with van der Waals surface area (Å²) in [5.74, 6) is -2.33. The molecule has 2 saturated heterocycles. The lowest BCUT2D eigenvalue weighted by atomic mass is 9.68. The summed E-state index contributed by atoms with van der Waals surface area (Å²) in [5, 5.41) is 11.6. The SMILES string of the molecule is CN1CCC(Oc2cnc(N3CCC(c4nc5c(c(C6CCC(F)(F)CC6)c4C(F)c4ccc(C(F)(F)F)cc4)[C@@H](O)CC(C)(C)C5)CC3)nc2)CC1. The predicted octanol–water partition coefficient (Wildman–Crippen LogP) is 9.11. The molecule has 0 bridgehead atoms. The molecule has 1 N–H and O–H groups in total. The maximum atomic E-state index is 17.3. The van der Waals surface area contributed by atoms with Gasteiger partial charge in [0, 0.05) is 61.8 Å². The fraction of sp³-hybridized carbons (Fsp3) is 0.625. The number of aromatic nitrogens is 3. The maximum absolute atomic E-state index is 17.3. The van der Waals surface area contributed by atoms with Crippen LogP contribution in [-0.4, -0.2) is 70.2 Å². The number of rotatable bonds is 7. The minimum Gasteiger partial charge on any atom is -0.487 e. The number of hydrogen-bond acceptors (Lipinski definition) is 7. The van der Waals surface area contributed by atoms with Crippen molar-refractivity contribution in [1.29, 1.82) is 0 Å². The number of piperidine rings is 2. The average Bonchev–Trinajstić information content (AvgIpc) is 3.11. The lowest BCUT2D eigenvalue weighted by molar-refractivity contribution is -0.137.